The van der Waals surface area contributed by atoms with Crippen LogP contribution in [0.15, 0.2) is 30.3 Å². The molecule has 2 saturated heterocycles. The molecule has 4 rings (SSSR count). The van der Waals surface area contributed by atoms with Crippen LogP contribution in [0.2, 0.25) is 0 Å². The van der Waals surface area contributed by atoms with Crippen LogP contribution in [-0.2, 0) is 11.2 Å². The first-order valence-electron chi connectivity index (χ1n) is 10.00. The van der Waals surface area contributed by atoms with E-state index in [1.165, 1.54) is 31.4 Å². The molecule has 25 heavy (non-hydrogen) atoms. The molecule has 1 aromatic carbocycles. The topological polar surface area (TPSA) is 44.4 Å². The molecule has 1 spiro atoms. The first kappa shape index (κ1) is 17.0. The highest BCUT2D eigenvalue weighted by Gasteiger charge is 2.57. The molecule has 1 saturated carbocycles. The highest BCUT2D eigenvalue weighted by molar-refractivity contribution is 5.82. The van der Waals surface area contributed by atoms with Gasteiger partial charge in [0.2, 0.25) is 5.91 Å². The Morgan fingerprint density at radius 3 is 2.84 bits per heavy atom. The summed E-state index contributed by atoms with van der Waals surface area (Å²) >= 11 is 0. The zero-order valence-corrected chi connectivity index (χ0v) is 15.2. The minimum absolute atomic E-state index is 0.296. The Hall–Kier alpha value is -1.39. The highest BCUT2D eigenvalue weighted by Crippen LogP contribution is 2.58. The van der Waals surface area contributed by atoms with E-state index in [2.05, 4.69) is 45.9 Å². The van der Waals surface area contributed by atoms with Crippen molar-refractivity contribution in [3.63, 3.8) is 0 Å². The van der Waals surface area contributed by atoms with Crippen molar-refractivity contribution < 1.29 is 4.79 Å². The summed E-state index contributed by atoms with van der Waals surface area (Å²) in [6.45, 7) is 6.48. The van der Waals surface area contributed by atoms with E-state index in [1.54, 1.807) is 0 Å². The average Bonchev–Trinajstić information content (AvgIpc) is 3.14. The number of hydrogen-bond donors (Lipinski definition) is 2. The molecule has 2 heterocycles. The van der Waals surface area contributed by atoms with Gasteiger partial charge in [-0.05, 0) is 68.6 Å². The molecule has 0 radical (unpaired) electrons. The fourth-order valence-corrected chi connectivity index (χ4v) is 4.78. The van der Waals surface area contributed by atoms with Crippen LogP contribution < -0.4 is 10.6 Å². The number of hydrogen-bond acceptors (Lipinski definition) is 3. The Labute approximate surface area is 151 Å². The van der Waals surface area contributed by atoms with Gasteiger partial charge < -0.3 is 15.5 Å². The summed E-state index contributed by atoms with van der Waals surface area (Å²) in [5, 5.41) is 6.67. The molecule has 0 aromatic heterocycles. The largest absolute Gasteiger partial charge is 0.356 e. The molecule has 3 aliphatic rings. The Bertz CT molecular complexity index is 582. The van der Waals surface area contributed by atoms with Crippen molar-refractivity contribution in [2.75, 3.05) is 39.3 Å². The van der Waals surface area contributed by atoms with E-state index >= 15 is 0 Å². The van der Waals surface area contributed by atoms with Crippen LogP contribution >= 0.6 is 0 Å². The fourth-order valence-electron chi connectivity index (χ4n) is 4.78. The third kappa shape index (κ3) is 4.06. The van der Waals surface area contributed by atoms with E-state index in [9.17, 15) is 4.79 Å². The minimum atomic E-state index is 0.296. The van der Waals surface area contributed by atoms with Crippen LogP contribution in [0.1, 0.15) is 31.2 Å². The van der Waals surface area contributed by atoms with Crippen molar-refractivity contribution in [2.24, 2.45) is 17.3 Å². The van der Waals surface area contributed by atoms with Gasteiger partial charge in [0.25, 0.3) is 0 Å². The second-order valence-electron chi connectivity index (χ2n) is 8.31. The van der Waals surface area contributed by atoms with Crippen LogP contribution in [0.3, 0.4) is 0 Å². The minimum Gasteiger partial charge on any atom is -0.356 e. The maximum Gasteiger partial charge on any atom is 0.223 e. The van der Waals surface area contributed by atoms with E-state index < -0.39 is 0 Å². The lowest BCUT2D eigenvalue weighted by Gasteiger charge is -2.23. The molecule has 1 aromatic rings. The smallest absolute Gasteiger partial charge is 0.223 e. The number of nitrogens with one attached hydrogen (secondary N) is 2. The summed E-state index contributed by atoms with van der Waals surface area (Å²) in [4.78, 5) is 15.0. The number of carbonyl (C=O) groups is 1. The van der Waals surface area contributed by atoms with Crippen molar-refractivity contribution in [3.8, 4) is 0 Å². The zero-order valence-electron chi connectivity index (χ0n) is 15.2. The number of rotatable bonds is 6. The molecule has 2 atom stereocenters. The van der Waals surface area contributed by atoms with E-state index in [4.69, 9.17) is 0 Å². The van der Waals surface area contributed by atoms with E-state index in [1.807, 2.05) is 0 Å². The third-order valence-electron chi connectivity index (χ3n) is 6.60. The van der Waals surface area contributed by atoms with Crippen molar-refractivity contribution in [1.29, 1.82) is 0 Å². The van der Waals surface area contributed by atoms with Crippen molar-refractivity contribution in [1.82, 2.24) is 15.5 Å². The lowest BCUT2D eigenvalue weighted by Crippen LogP contribution is -2.36. The molecule has 2 N–H and O–H groups in total. The van der Waals surface area contributed by atoms with Crippen LogP contribution in [0.4, 0.5) is 0 Å². The van der Waals surface area contributed by atoms with Gasteiger partial charge in [-0.25, -0.2) is 0 Å². The third-order valence-corrected chi connectivity index (χ3v) is 6.60. The summed E-state index contributed by atoms with van der Waals surface area (Å²) < 4.78 is 0. The molecule has 4 heteroatoms. The van der Waals surface area contributed by atoms with E-state index in [0.29, 0.717) is 23.2 Å². The SMILES string of the molecule is O=C(NCC1CCN(CCc2ccccc2)C1)C1CC12CCNCC2. The Balaban J connectivity index is 1.16. The van der Waals surface area contributed by atoms with Gasteiger partial charge in [-0.15, -0.1) is 0 Å². The zero-order chi connectivity index (χ0) is 17.1. The standard InChI is InChI=1S/C21H31N3O/c25-20(19-14-21(19)8-10-22-11-9-21)23-15-18-7-13-24(16-18)12-6-17-4-2-1-3-5-17/h1-5,18-19,22H,6-16H2,(H,23,25). The van der Waals surface area contributed by atoms with Crippen LogP contribution in [0.25, 0.3) is 0 Å². The van der Waals surface area contributed by atoms with Crippen LogP contribution in [0.5, 0.6) is 0 Å². The lowest BCUT2D eigenvalue weighted by atomic mass is 9.91. The number of amides is 1. The normalized spacial score (nSPS) is 28.2. The maximum atomic E-state index is 12.5. The summed E-state index contributed by atoms with van der Waals surface area (Å²) in [6.07, 6.45) is 5.82. The van der Waals surface area contributed by atoms with Gasteiger partial charge >= 0.3 is 0 Å². The van der Waals surface area contributed by atoms with Crippen LogP contribution in [-0.4, -0.2) is 50.1 Å². The van der Waals surface area contributed by atoms with Gasteiger partial charge in [0, 0.05) is 25.6 Å². The number of nitrogens with zero attached hydrogens (tertiary/aromatic N) is 1. The maximum absolute atomic E-state index is 12.5. The molecule has 1 amide bonds. The van der Waals surface area contributed by atoms with Crippen molar-refractivity contribution in [2.45, 2.75) is 32.1 Å². The van der Waals surface area contributed by atoms with Gasteiger partial charge in [-0.2, -0.15) is 0 Å². The number of piperidine rings is 1. The lowest BCUT2D eigenvalue weighted by molar-refractivity contribution is -0.123. The number of likely N-dealkylation sites (tertiary alicyclic amines) is 1. The Kier molecular flexibility index (Phi) is 5.09. The van der Waals surface area contributed by atoms with Gasteiger partial charge in [0.15, 0.2) is 0 Å². The molecule has 136 valence electrons. The van der Waals surface area contributed by atoms with Gasteiger partial charge in [0.1, 0.15) is 0 Å². The predicted molar refractivity (Wildman–Crippen MR) is 100 cm³/mol. The summed E-state index contributed by atoms with van der Waals surface area (Å²) in [6, 6.07) is 10.7. The molecule has 1 aliphatic carbocycles. The van der Waals surface area contributed by atoms with Crippen LogP contribution in [0, 0.1) is 17.3 Å². The molecule has 2 aliphatic heterocycles. The monoisotopic (exact) mass is 341 g/mol. The molecule has 4 nitrogen and oxygen atoms in total. The molecule has 2 unspecified atom stereocenters. The van der Waals surface area contributed by atoms with Crippen molar-refractivity contribution in [3.05, 3.63) is 35.9 Å². The molecular weight excluding hydrogens is 310 g/mol. The predicted octanol–water partition coefficient (Wildman–Crippen LogP) is 2.06. The Morgan fingerprint density at radius 2 is 2.04 bits per heavy atom. The van der Waals surface area contributed by atoms with Gasteiger partial charge in [0.05, 0.1) is 0 Å². The summed E-state index contributed by atoms with van der Waals surface area (Å²) in [5.74, 6) is 1.25. The molecule has 3 fully saturated rings. The summed E-state index contributed by atoms with van der Waals surface area (Å²) in [7, 11) is 0. The second-order valence-corrected chi connectivity index (χ2v) is 8.31. The fraction of sp³-hybridized carbons (Fsp3) is 0.667. The molecule has 0 bridgehead atoms. The number of carbonyl (C=O) groups excluding carboxylic acids is 1. The number of benzene rings is 1. The molecular formula is C21H31N3O. The highest BCUT2D eigenvalue weighted by atomic mass is 16.2. The Morgan fingerprint density at radius 1 is 1.24 bits per heavy atom. The van der Waals surface area contributed by atoms with E-state index in [0.717, 1.165) is 45.6 Å². The second kappa shape index (κ2) is 7.46. The summed E-state index contributed by atoms with van der Waals surface area (Å²) in [5.41, 5.74) is 1.77. The van der Waals surface area contributed by atoms with Crippen molar-refractivity contribution >= 4 is 5.91 Å². The average molecular weight is 341 g/mol. The van der Waals surface area contributed by atoms with Gasteiger partial charge in [-0.1, -0.05) is 30.3 Å². The first-order chi connectivity index (χ1) is 12.3. The van der Waals surface area contributed by atoms with Gasteiger partial charge in [-0.3, -0.25) is 4.79 Å². The van der Waals surface area contributed by atoms with E-state index in [-0.39, 0.29) is 0 Å². The quantitative estimate of drug-likeness (QED) is 0.832. The first-order valence-corrected chi connectivity index (χ1v) is 10.00.